The van der Waals surface area contributed by atoms with Gasteiger partial charge in [-0.2, -0.15) is 0 Å². The number of rotatable bonds is 4. The van der Waals surface area contributed by atoms with Crippen molar-refractivity contribution < 1.29 is 9.59 Å². The molecule has 1 heterocycles. The first-order chi connectivity index (χ1) is 9.56. The zero-order chi connectivity index (χ0) is 14.5. The molecule has 0 spiro atoms. The molecule has 1 aromatic rings. The van der Waals surface area contributed by atoms with Crippen molar-refractivity contribution in [2.75, 3.05) is 25.5 Å². The highest BCUT2D eigenvalue weighted by Gasteiger charge is 2.23. The fourth-order valence-electron chi connectivity index (χ4n) is 2.20. The molecule has 20 heavy (non-hydrogen) atoms. The molecule has 1 aliphatic heterocycles. The van der Waals surface area contributed by atoms with Crippen LogP contribution in [0.15, 0.2) is 24.3 Å². The van der Waals surface area contributed by atoms with Crippen LogP contribution in [-0.4, -0.2) is 32.5 Å². The molecule has 5 nitrogen and oxygen atoms in total. The van der Waals surface area contributed by atoms with E-state index >= 15 is 0 Å². The molecule has 1 saturated heterocycles. The monoisotopic (exact) mass is 275 g/mol. The largest absolute Gasteiger partial charge is 0.378 e. The third kappa shape index (κ3) is 3.73. The van der Waals surface area contributed by atoms with Crippen LogP contribution >= 0.6 is 0 Å². The molecule has 5 heteroatoms. The first-order valence-electron chi connectivity index (χ1n) is 6.87. The summed E-state index contributed by atoms with van der Waals surface area (Å²) in [6.07, 6.45) is 1.08. The van der Waals surface area contributed by atoms with E-state index in [-0.39, 0.29) is 17.7 Å². The van der Waals surface area contributed by atoms with Gasteiger partial charge in [0.2, 0.25) is 11.8 Å². The highest BCUT2D eigenvalue weighted by Crippen LogP contribution is 2.13. The Hall–Kier alpha value is -2.04. The summed E-state index contributed by atoms with van der Waals surface area (Å²) >= 11 is 0. The van der Waals surface area contributed by atoms with E-state index in [4.69, 9.17) is 0 Å². The Morgan fingerprint density at radius 2 is 2.05 bits per heavy atom. The molecule has 1 unspecified atom stereocenters. The summed E-state index contributed by atoms with van der Waals surface area (Å²) < 4.78 is 0. The summed E-state index contributed by atoms with van der Waals surface area (Å²) in [6.45, 7) is 0.973. The summed E-state index contributed by atoms with van der Waals surface area (Å²) in [5, 5.41) is 5.65. The van der Waals surface area contributed by atoms with Gasteiger partial charge in [-0.1, -0.05) is 12.1 Å². The second-order valence-electron chi connectivity index (χ2n) is 5.32. The van der Waals surface area contributed by atoms with Crippen molar-refractivity contribution in [3.8, 4) is 0 Å². The summed E-state index contributed by atoms with van der Waals surface area (Å²) in [5.74, 6) is -0.0521. The number of benzene rings is 1. The molecule has 0 aliphatic carbocycles. The molecule has 0 aromatic heterocycles. The van der Waals surface area contributed by atoms with Gasteiger partial charge in [0.15, 0.2) is 0 Å². The Morgan fingerprint density at radius 3 is 2.60 bits per heavy atom. The lowest BCUT2D eigenvalue weighted by Crippen LogP contribution is -2.42. The number of anilines is 1. The Balaban J connectivity index is 1.82. The minimum Gasteiger partial charge on any atom is -0.378 e. The van der Waals surface area contributed by atoms with Crippen LogP contribution in [0.1, 0.15) is 18.4 Å². The Morgan fingerprint density at radius 1 is 1.35 bits per heavy atom. The minimum absolute atomic E-state index is 0.0155. The third-order valence-electron chi connectivity index (χ3n) is 3.56. The van der Waals surface area contributed by atoms with Crippen molar-refractivity contribution in [1.29, 1.82) is 0 Å². The second kappa shape index (κ2) is 6.41. The van der Waals surface area contributed by atoms with E-state index in [1.807, 2.05) is 43.3 Å². The van der Waals surface area contributed by atoms with Crippen molar-refractivity contribution in [2.45, 2.75) is 19.4 Å². The van der Waals surface area contributed by atoms with Gasteiger partial charge < -0.3 is 15.5 Å². The van der Waals surface area contributed by atoms with Gasteiger partial charge in [-0.15, -0.1) is 0 Å². The van der Waals surface area contributed by atoms with Crippen molar-refractivity contribution in [3.63, 3.8) is 0 Å². The van der Waals surface area contributed by atoms with E-state index in [9.17, 15) is 9.59 Å². The van der Waals surface area contributed by atoms with Crippen LogP contribution in [0.2, 0.25) is 0 Å². The highest BCUT2D eigenvalue weighted by atomic mass is 16.2. The second-order valence-corrected chi connectivity index (χ2v) is 5.32. The first-order valence-corrected chi connectivity index (χ1v) is 6.87. The van der Waals surface area contributed by atoms with Crippen LogP contribution < -0.4 is 15.5 Å². The molecule has 2 N–H and O–H groups in total. The van der Waals surface area contributed by atoms with E-state index < -0.39 is 0 Å². The quantitative estimate of drug-likeness (QED) is 0.858. The van der Waals surface area contributed by atoms with Crippen LogP contribution in [0.5, 0.6) is 0 Å². The molecule has 2 rings (SSSR count). The maximum atomic E-state index is 12.0. The molecular formula is C15H21N3O2. The van der Waals surface area contributed by atoms with E-state index in [2.05, 4.69) is 10.6 Å². The lowest BCUT2D eigenvalue weighted by Gasteiger charge is -2.21. The number of carbonyl (C=O) groups excluding carboxylic acids is 2. The topological polar surface area (TPSA) is 61.4 Å². The van der Waals surface area contributed by atoms with Crippen molar-refractivity contribution >= 4 is 17.5 Å². The maximum absolute atomic E-state index is 12.0. The predicted octanol–water partition coefficient (Wildman–Crippen LogP) is 0.895. The number of hydrogen-bond acceptors (Lipinski definition) is 3. The maximum Gasteiger partial charge on any atom is 0.225 e. The van der Waals surface area contributed by atoms with E-state index in [1.165, 1.54) is 0 Å². The number of piperidine rings is 1. The molecule has 0 saturated carbocycles. The molecular weight excluding hydrogens is 254 g/mol. The van der Waals surface area contributed by atoms with Gasteiger partial charge in [-0.05, 0) is 24.1 Å². The Labute approximate surface area is 119 Å². The number of carbonyl (C=O) groups is 2. The smallest absolute Gasteiger partial charge is 0.225 e. The lowest BCUT2D eigenvalue weighted by atomic mass is 9.98. The standard InChI is InChI=1S/C15H21N3O2/c1-18(2)13-6-3-11(4-7-13)9-17-15(20)12-5-8-14(19)16-10-12/h3-4,6-7,12H,5,8-10H2,1-2H3,(H,16,19)(H,17,20). The van der Waals surface area contributed by atoms with Crippen LogP contribution in [-0.2, 0) is 16.1 Å². The van der Waals surface area contributed by atoms with Crippen LogP contribution in [0.4, 0.5) is 5.69 Å². The van der Waals surface area contributed by atoms with Gasteiger partial charge in [0.25, 0.3) is 0 Å². The average molecular weight is 275 g/mol. The average Bonchev–Trinajstić information content (AvgIpc) is 2.46. The molecule has 1 fully saturated rings. The SMILES string of the molecule is CN(C)c1ccc(CNC(=O)C2CCC(=O)NC2)cc1. The van der Waals surface area contributed by atoms with E-state index in [0.717, 1.165) is 11.3 Å². The number of nitrogens with zero attached hydrogens (tertiary/aromatic N) is 1. The molecule has 1 aromatic carbocycles. The zero-order valence-corrected chi connectivity index (χ0v) is 12.0. The van der Waals surface area contributed by atoms with Crippen molar-refractivity contribution in [1.82, 2.24) is 10.6 Å². The Kier molecular flexibility index (Phi) is 4.61. The van der Waals surface area contributed by atoms with Gasteiger partial charge in [-0.3, -0.25) is 9.59 Å². The predicted molar refractivity (Wildman–Crippen MR) is 78.3 cm³/mol. The van der Waals surface area contributed by atoms with Gasteiger partial charge in [0.05, 0.1) is 5.92 Å². The summed E-state index contributed by atoms with van der Waals surface area (Å²) in [7, 11) is 3.99. The van der Waals surface area contributed by atoms with Crippen molar-refractivity contribution in [2.24, 2.45) is 5.92 Å². The zero-order valence-electron chi connectivity index (χ0n) is 12.0. The minimum atomic E-state index is -0.103. The fraction of sp³-hybridized carbons (Fsp3) is 0.467. The van der Waals surface area contributed by atoms with Gasteiger partial charge >= 0.3 is 0 Å². The molecule has 1 atom stereocenters. The summed E-state index contributed by atoms with van der Waals surface area (Å²) in [6, 6.07) is 8.08. The van der Waals surface area contributed by atoms with Crippen molar-refractivity contribution in [3.05, 3.63) is 29.8 Å². The first kappa shape index (κ1) is 14.4. The number of amides is 2. The summed E-state index contributed by atoms with van der Waals surface area (Å²) in [4.78, 5) is 25.1. The van der Waals surface area contributed by atoms with Gasteiger partial charge in [0.1, 0.15) is 0 Å². The van der Waals surface area contributed by atoms with Gasteiger partial charge in [-0.25, -0.2) is 0 Å². The fourth-order valence-corrected chi connectivity index (χ4v) is 2.20. The molecule has 0 radical (unpaired) electrons. The van der Waals surface area contributed by atoms with Crippen LogP contribution in [0.25, 0.3) is 0 Å². The van der Waals surface area contributed by atoms with Crippen LogP contribution in [0.3, 0.4) is 0 Å². The number of hydrogen-bond donors (Lipinski definition) is 2. The number of nitrogens with one attached hydrogen (secondary N) is 2. The Bertz CT molecular complexity index is 472. The van der Waals surface area contributed by atoms with Gasteiger partial charge in [0, 0.05) is 39.3 Å². The third-order valence-corrected chi connectivity index (χ3v) is 3.56. The molecule has 108 valence electrons. The van der Waals surface area contributed by atoms with E-state index in [0.29, 0.717) is 25.9 Å². The normalized spacial score (nSPS) is 18.3. The molecule has 0 bridgehead atoms. The highest BCUT2D eigenvalue weighted by molar-refractivity contribution is 5.83. The summed E-state index contributed by atoms with van der Waals surface area (Å²) in [5.41, 5.74) is 2.21. The van der Waals surface area contributed by atoms with Crippen LogP contribution in [0, 0.1) is 5.92 Å². The lowest BCUT2D eigenvalue weighted by molar-refractivity contribution is -0.129. The van der Waals surface area contributed by atoms with E-state index in [1.54, 1.807) is 0 Å². The molecule has 1 aliphatic rings. The molecule has 2 amide bonds.